The second-order valence-corrected chi connectivity index (χ2v) is 4.90. The summed E-state index contributed by atoms with van der Waals surface area (Å²) in [6.45, 7) is 0. The van der Waals surface area contributed by atoms with Crippen molar-refractivity contribution in [3.05, 3.63) is 0 Å². The van der Waals surface area contributed by atoms with Gasteiger partial charge in [-0.15, -0.1) is 0 Å². The van der Waals surface area contributed by atoms with E-state index in [9.17, 15) is 21.6 Å². The average molecular weight is 308 g/mol. The molecule has 0 aromatic rings. The Morgan fingerprint density at radius 3 is 1.38 bits per heavy atom. The average Bonchev–Trinajstić information content (AvgIpc) is 1.49. The van der Waals surface area contributed by atoms with E-state index in [1.165, 1.54) is 0 Å². The van der Waals surface area contributed by atoms with Crippen molar-refractivity contribution in [1.29, 1.82) is 0 Å². The molecule has 0 aromatic carbocycles. The Balaban J connectivity index is -0.000000202. The number of rotatable bonds is 4. The van der Waals surface area contributed by atoms with Crippen LogP contribution in [-0.4, -0.2) is 88.7 Å². The fourth-order valence-corrected chi connectivity index (χ4v) is 1.60. The molecule has 0 heterocycles. The summed E-state index contributed by atoms with van der Waals surface area (Å²) < 4.78 is 56.1. The molecule has 0 bridgehead atoms. The van der Waals surface area contributed by atoms with Gasteiger partial charge in [0.25, 0.3) is 20.2 Å². The van der Waals surface area contributed by atoms with Crippen LogP contribution in [0.1, 0.15) is 2.85 Å². The number of hydrogen-bond donors (Lipinski definition) is 2. The molecule has 13 heavy (non-hydrogen) atoms. The molecule has 0 aliphatic rings. The Kier molecular flexibility index (Phi) is 7.26. The zero-order chi connectivity index (χ0) is 9.99. The molecule has 2 N–H and O–H groups in total. The van der Waals surface area contributed by atoms with Crippen molar-refractivity contribution in [3.63, 3.8) is 0 Å². The minimum Gasteiger partial charge on any atom is -1.00 e. The van der Waals surface area contributed by atoms with E-state index in [1.807, 2.05) is 0 Å². The van der Waals surface area contributed by atoms with Crippen molar-refractivity contribution in [1.82, 2.24) is 0 Å². The maximum absolute atomic E-state index is 10.4. The molecule has 10 heteroatoms. The molecule has 0 spiro atoms. The fraction of sp³-hybridized carbons (Fsp3) is 0.667. The van der Waals surface area contributed by atoms with Gasteiger partial charge in [0, 0.05) is 0 Å². The molecule has 76 valence electrons. The summed E-state index contributed by atoms with van der Waals surface area (Å²) in [5.41, 5.74) is 0. The number of carbonyl (C=O) groups is 1. The zero-order valence-electron chi connectivity index (χ0n) is 8.37. The topological polar surface area (TPSA) is 126 Å². The summed E-state index contributed by atoms with van der Waals surface area (Å²) in [5.74, 6) is -3.92. The van der Waals surface area contributed by atoms with E-state index >= 15 is 0 Å². The van der Waals surface area contributed by atoms with Crippen LogP contribution in [-0.2, 0) is 25.0 Å². The predicted molar refractivity (Wildman–Crippen MR) is 45.8 cm³/mol. The predicted octanol–water partition coefficient (Wildman–Crippen LogP) is -1.82. The molecule has 0 aromatic heterocycles. The van der Waals surface area contributed by atoms with E-state index in [1.54, 1.807) is 0 Å². The van der Waals surface area contributed by atoms with Gasteiger partial charge in [-0.3, -0.25) is 13.9 Å². The fourth-order valence-electron chi connectivity index (χ4n) is 0.449. The van der Waals surface area contributed by atoms with Crippen molar-refractivity contribution in [2.45, 2.75) is 0 Å². The van der Waals surface area contributed by atoms with Gasteiger partial charge in [-0.25, -0.2) is 0 Å². The van der Waals surface area contributed by atoms with Crippen molar-refractivity contribution < 1.29 is 33.6 Å². The minimum absolute atomic E-state index is 0. The summed E-state index contributed by atoms with van der Waals surface area (Å²) >= 11 is 0. The van der Waals surface area contributed by atoms with Crippen LogP contribution in [0, 0.1) is 0 Å². The van der Waals surface area contributed by atoms with E-state index in [-0.39, 0.29) is 48.3 Å². The second kappa shape index (κ2) is 5.76. The van der Waals surface area contributed by atoms with E-state index < -0.39 is 37.5 Å². The summed E-state index contributed by atoms with van der Waals surface area (Å²) in [5, 5.41) is 0. The standard InChI is InChI=1S/C3H6O7S2.Sr.2H/c4-3(1-11(5,6)7)2-12(8,9)10;;;/h1-2H2,(H,5,6,7)(H,8,9,10);;;/q;+2;2*-1. The molecular weight excluding hydrogens is 300 g/mol. The summed E-state index contributed by atoms with van der Waals surface area (Å²) in [4.78, 5) is 10.4. The number of hydrogen-bond acceptors (Lipinski definition) is 5. The maximum atomic E-state index is 10.4. The van der Waals surface area contributed by atoms with Gasteiger partial charge in [0.15, 0.2) is 5.78 Å². The molecule has 0 saturated heterocycles. The molecule has 7 nitrogen and oxygen atoms in total. The normalized spacial score (nSPS) is 11.8. The van der Waals surface area contributed by atoms with E-state index in [0.29, 0.717) is 0 Å². The van der Waals surface area contributed by atoms with Gasteiger partial charge in [-0.2, -0.15) is 16.8 Å². The molecule has 0 atom stereocenters. The third-order valence-corrected chi connectivity index (χ3v) is 2.06. The quantitative estimate of drug-likeness (QED) is 0.462. The minimum atomic E-state index is -4.52. The first-order chi connectivity index (χ1) is 5.10. The van der Waals surface area contributed by atoms with E-state index in [2.05, 4.69) is 0 Å². The van der Waals surface area contributed by atoms with E-state index in [0.717, 1.165) is 0 Å². The molecule has 0 aliphatic carbocycles. The van der Waals surface area contributed by atoms with Crippen LogP contribution in [0.15, 0.2) is 0 Å². The smallest absolute Gasteiger partial charge is 1.00 e. The molecule has 0 amide bonds. The number of ketones is 1. The second-order valence-electron chi connectivity index (χ2n) is 1.99. The van der Waals surface area contributed by atoms with Crippen LogP contribution >= 0.6 is 0 Å². The van der Waals surface area contributed by atoms with Crippen molar-refractivity contribution in [2.24, 2.45) is 0 Å². The molecular formula is C3H8O7S2Sr. The van der Waals surface area contributed by atoms with Crippen molar-refractivity contribution in [2.75, 3.05) is 11.5 Å². The molecule has 0 rings (SSSR count). The first-order valence-corrected chi connectivity index (χ1v) is 5.74. The third kappa shape index (κ3) is 13.0. The van der Waals surface area contributed by atoms with Gasteiger partial charge < -0.3 is 2.85 Å². The van der Waals surface area contributed by atoms with E-state index in [4.69, 9.17) is 9.11 Å². The first-order valence-electron chi connectivity index (χ1n) is 2.52. The van der Waals surface area contributed by atoms with Crippen LogP contribution in [0.5, 0.6) is 0 Å². The summed E-state index contributed by atoms with van der Waals surface area (Å²) in [7, 11) is -9.04. The van der Waals surface area contributed by atoms with Gasteiger partial charge in [0.1, 0.15) is 11.5 Å². The van der Waals surface area contributed by atoms with Gasteiger partial charge in [-0.05, 0) is 0 Å². The van der Waals surface area contributed by atoms with Crippen LogP contribution in [0.4, 0.5) is 0 Å². The van der Waals surface area contributed by atoms with Crippen LogP contribution in [0.2, 0.25) is 0 Å². The largest absolute Gasteiger partial charge is 2.00 e. The number of Topliss-reactive ketones (excluding diaryl/α,β-unsaturated/α-hetero) is 1. The first kappa shape index (κ1) is 16.4. The SMILES string of the molecule is O=C(CS(=O)(=O)O)CS(=O)(=O)O.[H-].[H-].[Sr+2]. The molecule has 0 fully saturated rings. The summed E-state index contributed by atoms with van der Waals surface area (Å²) in [6, 6.07) is 0. The molecule has 0 unspecified atom stereocenters. The van der Waals surface area contributed by atoms with Crippen molar-refractivity contribution in [3.8, 4) is 0 Å². The third-order valence-electron chi connectivity index (χ3n) is 0.687. The monoisotopic (exact) mass is 308 g/mol. The van der Waals surface area contributed by atoms with Gasteiger partial charge >= 0.3 is 45.5 Å². The maximum Gasteiger partial charge on any atom is 2.00 e. The Labute approximate surface area is 115 Å². The molecule has 0 aliphatic heterocycles. The number of carbonyl (C=O) groups excluding carboxylic acids is 1. The zero-order valence-corrected chi connectivity index (χ0v) is 11.5. The Morgan fingerprint density at radius 2 is 1.23 bits per heavy atom. The van der Waals surface area contributed by atoms with Gasteiger partial charge in [0.05, 0.1) is 0 Å². The van der Waals surface area contributed by atoms with Crippen LogP contribution in [0.3, 0.4) is 0 Å². The molecule has 0 saturated carbocycles. The Hall–Kier alpha value is 0.971. The van der Waals surface area contributed by atoms with Gasteiger partial charge in [0.2, 0.25) is 0 Å². The van der Waals surface area contributed by atoms with Gasteiger partial charge in [-0.1, -0.05) is 0 Å². The van der Waals surface area contributed by atoms with Crippen molar-refractivity contribution >= 4 is 71.5 Å². The Morgan fingerprint density at radius 1 is 1.00 bits per heavy atom. The van der Waals surface area contributed by atoms with Crippen LogP contribution < -0.4 is 0 Å². The van der Waals surface area contributed by atoms with Crippen LogP contribution in [0.25, 0.3) is 0 Å². The summed E-state index contributed by atoms with van der Waals surface area (Å²) in [6.07, 6.45) is 0. The Bertz CT molecular complexity index is 337. The molecule has 0 radical (unpaired) electrons.